The Balaban J connectivity index is 2.55. The summed E-state index contributed by atoms with van der Waals surface area (Å²) in [5.74, 6) is 0.591. The van der Waals surface area contributed by atoms with E-state index in [4.69, 9.17) is 10.5 Å². The van der Waals surface area contributed by atoms with Crippen LogP contribution < -0.4 is 10.5 Å². The summed E-state index contributed by atoms with van der Waals surface area (Å²) in [5, 5.41) is 10.4. The number of hydrogen-bond donors (Lipinski definition) is 2. The molecule has 106 valence electrons. The van der Waals surface area contributed by atoms with E-state index in [0.717, 1.165) is 22.4 Å². The number of aliphatic hydroxyl groups is 1. The molecule has 0 saturated carbocycles. The van der Waals surface area contributed by atoms with E-state index < -0.39 is 6.10 Å². The first-order chi connectivity index (χ1) is 9.67. The van der Waals surface area contributed by atoms with Crippen LogP contribution in [-0.4, -0.2) is 24.9 Å². The van der Waals surface area contributed by atoms with Gasteiger partial charge in [0.1, 0.15) is 5.75 Å². The van der Waals surface area contributed by atoms with Crippen molar-refractivity contribution in [3.63, 3.8) is 0 Å². The lowest BCUT2D eigenvalue weighted by molar-refractivity contribution is 0.163. The predicted molar refractivity (Wildman–Crippen MR) is 81.1 cm³/mol. The van der Waals surface area contributed by atoms with Crippen molar-refractivity contribution in [3.8, 4) is 5.75 Å². The van der Waals surface area contributed by atoms with Gasteiger partial charge in [0, 0.05) is 18.0 Å². The zero-order valence-electron chi connectivity index (χ0n) is 11.9. The van der Waals surface area contributed by atoms with E-state index in [0.29, 0.717) is 0 Å². The highest BCUT2D eigenvalue weighted by Crippen LogP contribution is 2.34. The Bertz CT molecular complexity index is 554. The van der Waals surface area contributed by atoms with Crippen molar-refractivity contribution < 1.29 is 9.84 Å². The molecule has 0 aliphatic carbocycles. The Kier molecular flexibility index (Phi) is 4.77. The van der Waals surface area contributed by atoms with Gasteiger partial charge in [0.15, 0.2) is 0 Å². The topological polar surface area (TPSA) is 55.5 Å². The van der Waals surface area contributed by atoms with Gasteiger partial charge in [0.05, 0.1) is 13.2 Å². The number of ether oxygens (including phenoxy) is 1. The summed E-state index contributed by atoms with van der Waals surface area (Å²) in [6, 6.07) is 15.9. The Labute approximate surface area is 120 Å². The molecule has 2 aromatic carbocycles. The lowest BCUT2D eigenvalue weighted by Gasteiger charge is -2.25. The molecule has 0 amide bonds. The van der Waals surface area contributed by atoms with Gasteiger partial charge in [0.25, 0.3) is 0 Å². The second-order valence-electron chi connectivity index (χ2n) is 4.94. The third kappa shape index (κ3) is 3.00. The van der Waals surface area contributed by atoms with E-state index in [-0.39, 0.29) is 12.5 Å². The Morgan fingerprint density at radius 2 is 1.85 bits per heavy atom. The highest BCUT2D eigenvalue weighted by molar-refractivity contribution is 5.45. The van der Waals surface area contributed by atoms with Crippen LogP contribution in [0.15, 0.2) is 48.5 Å². The fourth-order valence-corrected chi connectivity index (χ4v) is 2.50. The third-order valence-corrected chi connectivity index (χ3v) is 3.51. The Morgan fingerprint density at radius 3 is 2.45 bits per heavy atom. The fourth-order valence-electron chi connectivity index (χ4n) is 2.50. The van der Waals surface area contributed by atoms with E-state index >= 15 is 0 Å². The van der Waals surface area contributed by atoms with Gasteiger partial charge >= 0.3 is 0 Å². The molecular weight excluding hydrogens is 250 g/mol. The van der Waals surface area contributed by atoms with E-state index in [9.17, 15) is 5.11 Å². The van der Waals surface area contributed by atoms with Crippen LogP contribution in [0.5, 0.6) is 5.75 Å². The van der Waals surface area contributed by atoms with Gasteiger partial charge in [-0.1, -0.05) is 48.0 Å². The third-order valence-electron chi connectivity index (χ3n) is 3.51. The number of benzene rings is 2. The highest BCUT2D eigenvalue weighted by atomic mass is 16.5. The van der Waals surface area contributed by atoms with Gasteiger partial charge in [-0.2, -0.15) is 0 Å². The van der Waals surface area contributed by atoms with Gasteiger partial charge in [-0.15, -0.1) is 0 Å². The molecule has 2 aromatic rings. The smallest absolute Gasteiger partial charge is 0.122 e. The van der Waals surface area contributed by atoms with Gasteiger partial charge in [-0.05, 0) is 18.6 Å². The minimum atomic E-state index is -0.645. The van der Waals surface area contributed by atoms with E-state index in [1.165, 1.54) is 0 Å². The van der Waals surface area contributed by atoms with E-state index in [2.05, 4.69) is 6.07 Å². The molecular formula is C17H21NO2. The Morgan fingerprint density at radius 1 is 1.15 bits per heavy atom. The number of rotatable bonds is 5. The summed E-state index contributed by atoms with van der Waals surface area (Å²) in [6.07, 6.45) is -0.645. The van der Waals surface area contributed by atoms with Crippen LogP contribution in [-0.2, 0) is 0 Å². The number of aliphatic hydroxyl groups excluding tert-OH is 1. The molecule has 0 spiro atoms. The summed E-state index contributed by atoms with van der Waals surface area (Å²) in [5.41, 5.74) is 8.82. The molecule has 2 atom stereocenters. The molecule has 0 aliphatic heterocycles. The van der Waals surface area contributed by atoms with Crippen molar-refractivity contribution in [2.45, 2.75) is 18.9 Å². The minimum Gasteiger partial charge on any atom is -0.496 e. The zero-order valence-corrected chi connectivity index (χ0v) is 11.9. The normalized spacial score (nSPS) is 13.8. The van der Waals surface area contributed by atoms with Crippen molar-refractivity contribution in [2.75, 3.05) is 13.7 Å². The second kappa shape index (κ2) is 6.55. The van der Waals surface area contributed by atoms with Crippen LogP contribution in [0, 0.1) is 6.92 Å². The number of nitrogens with two attached hydrogens (primary N) is 1. The van der Waals surface area contributed by atoms with Crippen LogP contribution in [0.2, 0.25) is 0 Å². The molecule has 0 heterocycles. The molecule has 0 bridgehead atoms. The summed E-state index contributed by atoms with van der Waals surface area (Å²) >= 11 is 0. The summed E-state index contributed by atoms with van der Waals surface area (Å²) in [4.78, 5) is 0. The van der Waals surface area contributed by atoms with Crippen LogP contribution in [0.3, 0.4) is 0 Å². The van der Waals surface area contributed by atoms with Crippen LogP contribution in [0.25, 0.3) is 0 Å². The molecule has 0 saturated heterocycles. The highest BCUT2D eigenvalue weighted by Gasteiger charge is 2.25. The van der Waals surface area contributed by atoms with Gasteiger partial charge in [-0.3, -0.25) is 0 Å². The summed E-state index contributed by atoms with van der Waals surface area (Å²) in [7, 11) is 1.64. The molecule has 3 heteroatoms. The standard InChI is InChI=1S/C17H21NO2/c1-12-8-9-16(20-2)14(10-12)17(15(19)11-18)13-6-4-3-5-7-13/h3-10,15,17,19H,11,18H2,1-2H3. The zero-order chi connectivity index (χ0) is 14.5. The molecule has 2 unspecified atom stereocenters. The molecule has 3 N–H and O–H groups in total. The van der Waals surface area contributed by atoms with Crippen molar-refractivity contribution in [1.29, 1.82) is 0 Å². The first-order valence-corrected chi connectivity index (χ1v) is 6.75. The summed E-state index contributed by atoms with van der Waals surface area (Å²) in [6.45, 7) is 2.23. The Hall–Kier alpha value is -1.84. The van der Waals surface area contributed by atoms with Crippen LogP contribution in [0.4, 0.5) is 0 Å². The molecule has 0 radical (unpaired) electrons. The largest absolute Gasteiger partial charge is 0.496 e. The van der Waals surface area contributed by atoms with Crippen molar-refractivity contribution in [3.05, 3.63) is 65.2 Å². The molecule has 20 heavy (non-hydrogen) atoms. The average molecular weight is 271 g/mol. The number of aryl methyl sites for hydroxylation is 1. The van der Waals surface area contributed by atoms with Crippen molar-refractivity contribution >= 4 is 0 Å². The van der Waals surface area contributed by atoms with Crippen LogP contribution >= 0.6 is 0 Å². The molecule has 3 nitrogen and oxygen atoms in total. The van der Waals surface area contributed by atoms with Crippen LogP contribution in [0.1, 0.15) is 22.6 Å². The lowest BCUT2D eigenvalue weighted by atomic mass is 9.85. The quantitative estimate of drug-likeness (QED) is 0.878. The molecule has 2 rings (SSSR count). The average Bonchev–Trinajstić information content (AvgIpc) is 2.48. The minimum absolute atomic E-state index is 0.184. The van der Waals surface area contributed by atoms with Crippen molar-refractivity contribution in [2.24, 2.45) is 5.73 Å². The monoisotopic (exact) mass is 271 g/mol. The number of methoxy groups -OCH3 is 1. The molecule has 0 aromatic heterocycles. The summed E-state index contributed by atoms with van der Waals surface area (Å²) < 4.78 is 5.45. The van der Waals surface area contributed by atoms with Gasteiger partial charge < -0.3 is 15.6 Å². The van der Waals surface area contributed by atoms with E-state index in [1.807, 2.05) is 49.4 Å². The van der Waals surface area contributed by atoms with Crippen molar-refractivity contribution in [1.82, 2.24) is 0 Å². The van der Waals surface area contributed by atoms with E-state index in [1.54, 1.807) is 7.11 Å². The maximum atomic E-state index is 10.4. The maximum Gasteiger partial charge on any atom is 0.122 e. The first kappa shape index (κ1) is 14.6. The first-order valence-electron chi connectivity index (χ1n) is 6.75. The SMILES string of the molecule is COc1ccc(C)cc1C(c1ccccc1)C(O)CN. The lowest BCUT2D eigenvalue weighted by Crippen LogP contribution is -2.28. The van der Waals surface area contributed by atoms with Gasteiger partial charge in [-0.25, -0.2) is 0 Å². The second-order valence-corrected chi connectivity index (χ2v) is 4.94. The predicted octanol–water partition coefficient (Wildman–Crippen LogP) is 2.46. The molecule has 0 fully saturated rings. The maximum absolute atomic E-state index is 10.4. The fraction of sp³-hybridized carbons (Fsp3) is 0.294. The molecule has 0 aliphatic rings. The van der Waals surface area contributed by atoms with Gasteiger partial charge in [0.2, 0.25) is 0 Å². The number of hydrogen-bond acceptors (Lipinski definition) is 3.